The molecule has 8 nitrogen and oxygen atoms in total. The Balaban J connectivity index is 2.04. The van der Waals surface area contributed by atoms with Crippen LogP contribution in [0.4, 0.5) is 0 Å². The molecular formula is C17H22N4O4. The number of ether oxygens (including phenoxy) is 1. The largest absolute Gasteiger partial charge is 0.491 e. The second-order valence-corrected chi connectivity index (χ2v) is 5.85. The third kappa shape index (κ3) is 5.03. The summed E-state index contributed by atoms with van der Waals surface area (Å²) in [6.45, 7) is 5.94. The summed E-state index contributed by atoms with van der Waals surface area (Å²) in [5.41, 5.74) is 1.59. The van der Waals surface area contributed by atoms with Crippen molar-refractivity contribution in [2.45, 2.75) is 39.7 Å². The molecule has 134 valence electrons. The van der Waals surface area contributed by atoms with E-state index in [-0.39, 0.29) is 30.7 Å². The van der Waals surface area contributed by atoms with Crippen molar-refractivity contribution >= 4 is 11.9 Å². The van der Waals surface area contributed by atoms with Gasteiger partial charge in [-0.3, -0.25) is 9.59 Å². The molecule has 25 heavy (non-hydrogen) atoms. The Bertz CT molecular complexity index is 738. The van der Waals surface area contributed by atoms with Gasteiger partial charge in [0, 0.05) is 13.0 Å². The highest BCUT2D eigenvalue weighted by Gasteiger charge is 2.17. The zero-order valence-corrected chi connectivity index (χ0v) is 14.5. The highest BCUT2D eigenvalue weighted by Crippen LogP contribution is 2.18. The Morgan fingerprint density at radius 2 is 1.96 bits per heavy atom. The van der Waals surface area contributed by atoms with Gasteiger partial charge >= 0.3 is 5.97 Å². The summed E-state index contributed by atoms with van der Waals surface area (Å²) >= 11 is 0. The van der Waals surface area contributed by atoms with E-state index in [1.54, 1.807) is 11.6 Å². The fourth-order valence-corrected chi connectivity index (χ4v) is 2.25. The van der Waals surface area contributed by atoms with E-state index in [2.05, 4.69) is 15.6 Å². The van der Waals surface area contributed by atoms with Crippen LogP contribution in [0.3, 0.4) is 0 Å². The third-order valence-corrected chi connectivity index (χ3v) is 3.42. The normalized spacial score (nSPS) is 10.7. The molecule has 0 saturated heterocycles. The van der Waals surface area contributed by atoms with Crippen LogP contribution in [0.5, 0.6) is 5.75 Å². The van der Waals surface area contributed by atoms with Crippen LogP contribution in [-0.4, -0.2) is 44.6 Å². The lowest BCUT2D eigenvalue weighted by atomic mass is 10.2. The number of carbonyl (C=O) groups is 2. The van der Waals surface area contributed by atoms with Gasteiger partial charge in [-0.2, -0.15) is 0 Å². The number of rotatable bonds is 8. The molecule has 2 aromatic rings. The zero-order valence-electron chi connectivity index (χ0n) is 14.5. The average molecular weight is 346 g/mol. The van der Waals surface area contributed by atoms with Gasteiger partial charge in [0.05, 0.1) is 17.5 Å². The van der Waals surface area contributed by atoms with Crippen LogP contribution in [0.25, 0.3) is 5.69 Å². The quantitative estimate of drug-likeness (QED) is 0.708. The number of nitrogens with one attached hydrogen (secondary N) is 1. The van der Waals surface area contributed by atoms with Crippen LogP contribution in [0, 0.1) is 6.92 Å². The predicted molar refractivity (Wildman–Crippen MR) is 91.1 cm³/mol. The second-order valence-electron chi connectivity index (χ2n) is 5.85. The summed E-state index contributed by atoms with van der Waals surface area (Å²) in [5, 5.41) is 19.2. The van der Waals surface area contributed by atoms with Crippen molar-refractivity contribution in [3.63, 3.8) is 0 Å². The van der Waals surface area contributed by atoms with Gasteiger partial charge in [-0.25, -0.2) is 4.68 Å². The molecule has 0 fully saturated rings. The molecule has 0 unspecified atom stereocenters. The van der Waals surface area contributed by atoms with Gasteiger partial charge in [-0.1, -0.05) is 5.21 Å². The lowest BCUT2D eigenvalue weighted by molar-refractivity contribution is -0.137. The second kappa shape index (κ2) is 8.27. The van der Waals surface area contributed by atoms with E-state index < -0.39 is 5.97 Å². The molecule has 0 radical (unpaired) electrons. The first kappa shape index (κ1) is 18.4. The number of carboxylic acid groups (broad SMARTS) is 1. The molecule has 1 aromatic carbocycles. The number of carbonyl (C=O) groups excluding carboxylic acids is 1. The molecule has 0 bridgehead atoms. The van der Waals surface area contributed by atoms with Crippen molar-refractivity contribution in [3.8, 4) is 11.4 Å². The van der Waals surface area contributed by atoms with E-state index in [0.29, 0.717) is 12.1 Å². The molecule has 0 spiro atoms. The minimum Gasteiger partial charge on any atom is -0.491 e. The van der Waals surface area contributed by atoms with Crippen molar-refractivity contribution in [1.82, 2.24) is 20.3 Å². The summed E-state index contributed by atoms with van der Waals surface area (Å²) in [4.78, 5) is 22.6. The van der Waals surface area contributed by atoms with Crippen LogP contribution >= 0.6 is 0 Å². The standard InChI is InChI=1S/C17H22N4O4/c1-11(2)25-14-8-6-13(7-9-14)21-12(3)16(19-20-21)17(24)18-10-4-5-15(22)23/h6-9,11H,4-5,10H2,1-3H3,(H,18,24)(H,22,23). The molecule has 1 heterocycles. The minimum atomic E-state index is -0.888. The Hall–Kier alpha value is -2.90. The van der Waals surface area contributed by atoms with Crippen LogP contribution in [0.15, 0.2) is 24.3 Å². The number of amides is 1. The molecule has 0 saturated carbocycles. The number of hydrogen-bond acceptors (Lipinski definition) is 5. The maximum absolute atomic E-state index is 12.1. The molecule has 1 aromatic heterocycles. The molecule has 0 aliphatic heterocycles. The minimum absolute atomic E-state index is 0.0107. The number of benzene rings is 1. The molecule has 0 aliphatic carbocycles. The van der Waals surface area contributed by atoms with Gasteiger partial charge in [-0.15, -0.1) is 5.10 Å². The van der Waals surface area contributed by atoms with Gasteiger partial charge in [0.15, 0.2) is 5.69 Å². The zero-order chi connectivity index (χ0) is 18.4. The van der Waals surface area contributed by atoms with Crippen LogP contribution in [0.2, 0.25) is 0 Å². The topological polar surface area (TPSA) is 106 Å². The fraction of sp³-hybridized carbons (Fsp3) is 0.412. The van der Waals surface area contributed by atoms with E-state index in [9.17, 15) is 9.59 Å². The van der Waals surface area contributed by atoms with Crippen LogP contribution in [-0.2, 0) is 4.79 Å². The SMILES string of the molecule is Cc1c(C(=O)NCCCC(=O)O)nnn1-c1ccc(OC(C)C)cc1. The first-order valence-corrected chi connectivity index (χ1v) is 8.08. The summed E-state index contributed by atoms with van der Waals surface area (Å²) < 4.78 is 7.17. The number of aliphatic carboxylic acids is 1. The molecular weight excluding hydrogens is 324 g/mol. The summed E-state index contributed by atoms with van der Waals surface area (Å²) in [7, 11) is 0. The molecule has 8 heteroatoms. The number of carboxylic acids is 1. The number of hydrogen-bond donors (Lipinski definition) is 2. The van der Waals surface area contributed by atoms with Crippen LogP contribution < -0.4 is 10.1 Å². The smallest absolute Gasteiger partial charge is 0.303 e. The van der Waals surface area contributed by atoms with Crippen molar-refractivity contribution in [2.24, 2.45) is 0 Å². The van der Waals surface area contributed by atoms with Gasteiger partial charge in [0.25, 0.3) is 5.91 Å². The van der Waals surface area contributed by atoms with E-state index in [1.165, 1.54) is 0 Å². The van der Waals surface area contributed by atoms with E-state index in [0.717, 1.165) is 11.4 Å². The van der Waals surface area contributed by atoms with Gasteiger partial charge in [0.1, 0.15) is 5.75 Å². The Morgan fingerprint density at radius 1 is 1.28 bits per heavy atom. The van der Waals surface area contributed by atoms with Crippen molar-refractivity contribution in [3.05, 3.63) is 35.7 Å². The summed E-state index contributed by atoms with van der Waals surface area (Å²) in [6, 6.07) is 7.35. The highest BCUT2D eigenvalue weighted by molar-refractivity contribution is 5.93. The Labute approximate surface area is 145 Å². The van der Waals surface area contributed by atoms with E-state index in [4.69, 9.17) is 9.84 Å². The lowest BCUT2D eigenvalue weighted by Crippen LogP contribution is -2.26. The molecule has 0 aliphatic rings. The first-order valence-electron chi connectivity index (χ1n) is 8.08. The summed E-state index contributed by atoms with van der Waals surface area (Å²) in [5.74, 6) is -0.497. The predicted octanol–water partition coefficient (Wildman–Crippen LogP) is 1.96. The summed E-state index contributed by atoms with van der Waals surface area (Å²) in [6.07, 6.45) is 0.470. The molecule has 1 amide bonds. The maximum atomic E-state index is 12.1. The lowest BCUT2D eigenvalue weighted by Gasteiger charge is -2.10. The number of nitrogens with zero attached hydrogens (tertiary/aromatic N) is 3. The monoisotopic (exact) mass is 346 g/mol. The highest BCUT2D eigenvalue weighted by atomic mass is 16.5. The number of aromatic nitrogens is 3. The Morgan fingerprint density at radius 3 is 2.56 bits per heavy atom. The van der Waals surface area contributed by atoms with E-state index in [1.807, 2.05) is 38.1 Å². The van der Waals surface area contributed by atoms with Crippen LogP contribution in [0.1, 0.15) is 42.9 Å². The van der Waals surface area contributed by atoms with Gasteiger partial charge in [0.2, 0.25) is 0 Å². The van der Waals surface area contributed by atoms with Crippen molar-refractivity contribution < 1.29 is 19.4 Å². The first-order chi connectivity index (χ1) is 11.9. The van der Waals surface area contributed by atoms with Crippen molar-refractivity contribution in [2.75, 3.05) is 6.54 Å². The fourth-order valence-electron chi connectivity index (χ4n) is 2.25. The van der Waals surface area contributed by atoms with Gasteiger partial charge < -0.3 is 15.2 Å². The molecule has 2 rings (SSSR count). The van der Waals surface area contributed by atoms with Crippen molar-refractivity contribution in [1.29, 1.82) is 0 Å². The van der Waals surface area contributed by atoms with Gasteiger partial charge in [-0.05, 0) is 51.5 Å². The average Bonchev–Trinajstić information content (AvgIpc) is 2.93. The molecule has 2 N–H and O–H groups in total. The van der Waals surface area contributed by atoms with E-state index >= 15 is 0 Å². The molecule has 0 atom stereocenters. The Kier molecular flexibility index (Phi) is 6.10. The maximum Gasteiger partial charge on any atom is 0.303 e. The third-order valence-electron chi connectivity index (χ3n) is 3.42.